The third kappa shape index (κ3) is 3.20. The lowest BCUT2D eigenvalue weighted by Crippen LogP contribution is -2.13. The molecular weight excluding hydrogens is 263 g/mol. The topological polar surface area (TPSA) is 12.0 Å². The minimum atomic E-state index is -0.763. The van der Waals surface area contributed by atoms with Crippen molar-refractivity contribution in [3.8, 4) is 11.1 Å². The maximum atomic E-state index is 14.0. The van der Waals surface area contributed by atoms with Crippen molar-refractivity contribution in [2.75, 3.05) is 6.54 Å². The number of benzene rings is 2. The summed E-state index contributed by atoms with van der Waals surface area (Å²) >= 11 is 0. The third-order valence-corrected chi connectivity index (χ3v) is 3.02. The maximum Gasteiger partial charge on any atom is 0.134 e. The van der Waals surface area contributed by atoms with Crippen LogP contribution in [-0.4, -0.2) is 6.54 Å². The van der Waals surface area contributed by atoms with Gasteiger partial charge in [0.1, 0.15) is 17.5 Å². The molecule has 0 aliphatic heterocycles. The van der Waals surface area contributed by atoms with Gasteiger partial charge in [-0.3, -0.25) is 0 Å². The van der Waals surface area contributed by atoms with Gasteiger partial charge in [-0.2, -0.15) is 0 Å². The van der Waals surface area contributed by atoms with E-state index in [1.807, 2.05) is 6.92 Å². The third-order valence-electron chi connectivity index (χ3n) is 3.02. The fourth-order valence-corrected chi connectivity index (χ4v) is 2.04. The molecule has 0 saturated heterocycles. The van der Waals surface area contributed by atoms with Gasteiger partial charge in [0.05, 0.1) is 5.56 Å². The molecule has 0 aromatic heterocycles. The first kappa shape index (κ1) is 14.6. The van der Waals surface area contributed by atoms with Crippen LogP contribution >= 0.6 is 0 Å². The summed E-state index contributed by atoms with van der Waals surface area (Å²) in [5.41, 5.74) is 0.370. The van der Waals surface area contributed by atoms with Crippen LogP contribution in [0.2, 0.25) is 0 Å². The molecule has 2 aromatic rings. The minimum absolute atomic E-state index is 0.0557. The molecule has 0 aliphatic carbocycles. The van der Waals surface area contributed by atoms with E-state index in [0.717, 1.165) is 30.7 Å². The number of hydrogen-bond donors (Lipinski definition) is 1. The highest BCUT2D eigenvalue weighted by Crippen LogP contribution is 2.28. The molecule has 0 radical (unpaired) electrons. The van der Waals surface area contributed by atoms with Crippen molar-refractivity contribution < 1.29 is 13.2 Å². The first-order valence-corrected chi connectivity index (χ1v) is 6.57. The van der Waals surface area contributed by atoms with Crippen LogP contribution in [0.4, 0.5) is 13.2 Å². The number of hydrogen-bond acceptors (Lipinski definition) is 1. The molecule has 20 heavy (non-hydrogen) atoms. The smallest absolute Gasteiger partial charge is 0.134 e. The van der Waals surface area contributed by atoms with Gasteiger partial charge in [-0.15, -0.1) is 0 Å². The molecule has 0 unspecified atom stereocenters. The molecule has 2 aromatic carbocycles. The summed E-state index contributed by atoms with van der Waals surface area (Å²) in [6, 6.07) is 7.90. The van der Waals surface area contributed by atoms with Gasteiger partial charge in [0.25, 0.3) is 0 Å². The van der Waals surface area contributed by atoms with E-state index in [9.17, 15) is 13.2 Å². The average molecular weight is 279 g/mol. The number of rotatable bonds is 5. The Morgan fingerprint density at radius 2 is 1.65 bits per heavy atom. The summed E-state index contributed by atoms with van der Waals surface area (Å²) in [7, 11) is 0. The molecule has 0 spiro atoms. The van der Waals surface area contributed by atoms with Crippen molar-refractivity contribution in [1.29, 1.82) is 0 Å². The van der Waals surface area contributed by atoms with E-state index >= 15 is 0 Å². The van der Waals surface area contributed by atoms with Gasteiger partial charge in [-0.1, -0.05) is 25.1 Å². The zero-order chi connectivity index (χ0) is 14.5. The van der Waals surface area contributed by atoms with E-state index in [1.165, 1.54) is 18.2 Å². The fourth-order valence-electron chi connectivity index (χ4n) is 2.04. The average Bonchev–Trinajstić information content (AvgIpc) is 2.41. The van der Waals surface area contributed by atoms with Gasteiger partial charge in [0, 0.05) is 12.1 Å². The highest BCUT2D eigenvalue weighted by Gasteiger charge is 2.15. The molecule has 0 atom stereocenters. The highest BCUT2D eigenvalue weighted by molar-refractivity contribution is 5.65. The van der Waals surface area contributed by atoms with Crippen LogP contribution < -0.4 is 5.32 Å². The highest BCUT2D eigenvalue weighted by atomic mass is 19.1. The summed E-state index contributed by atoms with van der Waals surface area (Å²) in [5.74, 6) is -2.15. The van der Waals surface area contributed by atoms with E-state index in [0.29, 0.717) is 6.54 Å². The van der Waals surface area contributed by atoms with Gasteiger partial charge >= 0.3 is 0 Å². The van der Waals surface area contributed by atoms with Crippen LogP contribution in [0.5, 0.6) is 0 Å². The molecule has 0 saturated carbocycles. The van der Waals surface area contributed by atoms with Crippen LogP contribution in [0.15, 0.2) is 36.4 Å². The Balaban J connectivity index is 2.30. The Morgan fingerprint density at radius 1 is 0.950 bits per heavy atom. The number of nitrogens with one attached hydrogen (secondary N) is 1. The van der Waals surface area contributed by atoms with E-state index < -0.39 is 17.5 Å². The minimum Gasteiger partial charge on any atom is -0.313 e. The van der Waals surface area contributed by atoms with Crippen molar-refractivity contribution in [3.63, 3.8) is 0 Å². The molecule has 1 nitrogen and oxygen atoms in total. The molecular formula is C16H16F3N. The molecule has 1 N–H and O–H groups in total. The van der Waals surface area contributed by atoms with E-state index in [4.69, 9.17) is 0 Å². The number of halogens is 3. The van der Waals surface area contributed by atoms with Gasteiger partial charge < -0.3 is 5.32 Å². The summed E-state index contributed by atoms with van der Waals surface area (Å²) in [6.07, 6.45) is 0.987. The van der Waals surface area contributed by atoms with Crippen LogP contribution in [-0.2, 0) is 6.54 Å². The standard InChI is InChI=1S/C16H16F3N/c1-2-8-20-10-11-6-7-12(15(19)9-11)16-13(17)4-3-5-14(16)18/h3-7,9,20H,2,8,10H2,1H3. The second kappa shape index (κ2) is 6.57. The summed E-state index contributed by atoms with van der Waals surface area (Å²) < 4.78 is 41.3. The van der Waals surface area contributed by atoms with Crippen LogP contribution in [0.1, 0.15) is 18.9 Å². The monoisotopic (exact) mass is 279 g/mol. The quantitative estimate of drug-likeness (QED) is 0.806. The van der Waals surface area contributed by atoms with Crippen molar-refractivity contribution in [3.05, 3.63) is 59.4 Å². The molecule has 0 heterocycles. The predicted octanol–water partition coefficient (Wildman–Crippen LogP) is 4.27. The van der Waals surface area contributed by atoms with Crippen LogP contribution in [0.3, 0.4) is 0 Å². The molecule has 0 aliphatic rings. The van der Waals surface area contributed by atoms with E-state index in [2.05, 4.69) is 5.32 Å². The van der Waals surface area contributed by atoms with Gasteiger partial charge in [0.15, 0.2) is 0 Å². The van der Waals surface area contributed by atoms with Crippen molar-refractivity contribution in [1.82, 2.24) is 5.32 Å². The van der Waals surface area contributed by atoms with Crippen molar-refractivity contribution in [2.45, 2.75) is 19.9 Å². The predicted molar refractivity (Wildman–Crippen MR) is 73.7 cm³/mol. The Labute approximate surface area is 116 Å². The Morgan fingerprint density at radius 3 is 2.25 bits per heavy atom. The lowest BCUT2D eigenvalue weighted by Gasteiger charge is -2.09. The first-order valence-electron chi connectivity index (χ1n) is 6.57. The van der Waals surface area contributed by atoms with Crippen LogP contribution in [0.25, 0.3) is 11.1 Å². The zero-order valence-corrected chi connectivity index (χ0v) is 11.2. The first-order chi connectivity index (χ1) is 9.63. The lowest BCUT2D eigenvalue weighted by molar-refractivity contribution is 0.581. The molecule has 2 rings (SSSR count). The van der Waals surface area contributed by atoms with Crippen molar-refractivity contribution >= 4 is 0 Å². The van der Waals surface area contributed by atoms with Gasteiger partial charge in [0.2, 0.25) is 0 Å². The van der Waals surface area contributed by atoms with Crippen molar-refractivity contribution in [2.24, 2.45) is 0 Å². The zero-order valence-electron chi connectivity index (χ0n) is 11.2. The SMILES string of the molecule is CCCNCc1ccc(-c2c(F)cccc2F)c(F)c1. The largest absolute Gasteiger partial charge is 0.313 e. The van der Waals surface area contributed by atoms with Gasteiger partial charge in [-0.25, -0.2) is 13.2 Å². The Bertz CT molecular complexity index is 576. The second-order valence-electron chi connectivity index (χ2n) is 4.59. The molecule has 4 heteroatoms. The molecule has 106 valence electrons. The summed E-state index contributed by atoms with van der Waals surface area (Å²) in [4.78, 5) is 0. The van der Waals surface area contributed by atoms with Crippen LogP contribution in [0, 0.1) is 17.5 Å². The van der Waals surface area contributed by atoms with E-state index in [-0.39, 0.29) is 11.1 Å². The van der Waals surface area contributed by atoms with Gasteiger partial charge in [-0.05, 0) is 36.7 Å². The second-order valence-corrected chi connectivity index (χ2v) is 4.59. The summed E-state index contributed by atoms with van der Waals surface area (Å²) in [6.45, 7) is 3.41. The lowest BCUT2D eigenvalue weighted by atomic mass is 10.0. The Hall–Kier alpha value is -1.81. The summed E-state index contributed by atoms with van der Waals surface area (Å²) in [5, 5.41) is 3.15. The fraction of sp³-hybridized carbons (Fsp3) is 0.250. The van der Waals surface area contributed by atoms with E-state index in [1.54, 1.807) is 6.07 Å². The Kier molecular flexibility index (Phi) is 4.79. The molecule has 0 bridgehead atoms. The maximum absolute atomic E-state index is 14.0. The normalized spacial score (nSPS) is 10.8. The molecule has 0 amide bonds. The molecule has 0 fully saturated rings.